The molecule has 0 bridgehead atoms. The molecular weight excluding hydrogens is 285 g/mol. The van der Waals surface area contributed by atoms with Gasteiger partial charge in [-0.15, -0.1) is 0 Å². The summed E-state index contributed by atoms with van der Waals surface area (Å²) in [7, 11) is 0. The van der Waals surface area contributed by atoms with Crippen molar-refractivity contribution < 1.29 is 23.1 Å². The summed E-state index contributed by atoms with van der Waals surface area (Å²) in [6, 6.07) is 0.0781. The molecule has 4 nitrogen and oxygen atoms in total. The Bertz CT molecular complexity index is 381. The van der Waals surface area contributed by atoms with Crippen molar-refractivity contribution in [2.75, 3.05) is 19.6 Å². The van der Waals surface area contributed by atoms with Gasteiger partial charge in [0.2, 0.25) is 0 Å². The molecule has 0 aromatic carbocycles. The number of hydrogen-bond donors (Lipinski definition) is 2. The zero-order valence-corrected chi connectivity index (χ0v) is 12.2. The first kappa shape index (κ1) is 16.5. The van der Waals surface area contributed by atoms with Crippen LogP contribution in [0.15, 0.2) is 0 Å². The summed E-state index contributed by atoms with van der Waals surface area (Å²) in [5, 5.41) is 12.5. The van der Waals surface area contributed by atoms with Crippen LogP contribution in [0.1, 0.15) is 39.0 Å². The number of likely N-dealkylation sites (tertiary alicyclic amines) is 1. The number of hydrogen-bond acceptors (Lipinski definition) is 3. The molecule has 0 amide bonds. The number of carboxylic acid groups (broad SMARTS) is 1. The Balaban J connectivity index is 1.92. The van der Waals surface area contributed by atoms with E-state index in [1.807, 2.05) is 11.8 Å². The lowest BCUT2D eigenvalue weighted by Crippen LogP contribution is -2.52. The standard InChI is InChI=1S/C14H23F3N2O2/c1-2-18-13(12(20)21)6-3-11(9-13)19-7-4-10(5-8-19)14(15,16)17/h10-11,18H,2-9H2,1H3,(H,20,21). The second-order valence-corrected chi connectivity index (χ2v) is 6.17. The van der Waals surface area contributed by atoms with Crippen LogP contribution < -0.4 is 5.32 Å². The van der Waals surface area contributed by atoms with E-state index in [1.165, 1.54) is 0 Å². The average Bonchev–Trinajstić information content (AvgIpc) is 2.84. The minimum absolute atomic E-state index is 0.0781. The van der Waals surface area contributed by atoms with E-state index in [2.05, 4.69) is 5.32 Å². The molecule has 0 aromatic rings. The SMILES string of the molecule is CCNC1(C(=O)O)CCC(N2CCC(C(F)(F)F)CC2)C1. The molecule has 2 N–H and O–H groups in total. The van der Waals surface area contributed by atoms with Crippen molar-refractivity contribution in [3.63, 3.8) is 0 Å². The van der Waals surface area contributed by atoms with Crippen LogP contribution in [0.2, 0.25) is 0 Å². The van der Waals surface area contributed by atoms with Gasteiger partial charge in [0, 0.05) is 6.04 Å². The summed E-state index contributed by atoms with van der Waals surface area (Å²) < 4.78 is 38.0. The van der Waals surface area contributed by atoms with Crippen molar-refractivity contribution >= 4 is 5.97 Å². The summed E-state index contributed by atoms with van der Waals surface area (Å²) in [6.07, 6.45) is -2.10. The maximum Gasteiger partial charge on any atom is 0.391 e. The molecule has 2 atom stereocenters. The summed E-state index contributed by atoms with van der Waals surface area (Å²) >= 11 is 0. The Morgan fingerprint density at radius 3 is 2.43 bits per heavy atom. The number of carboxylic acids is 1. The van der Waals surface area contributed by atoms with Gasteiger partial charge < -0.3 is 15.3 Å². The lowest BCUT2D eigenvalue weighted by Gasteiger charge is -2.37. The Hall–Kier alpha value is -0.820. The van der Waals surface area contributed by atoms with Crippen molar-refractivity contribution in [1.29, 1.82) is 0 Å². The third kappa shape index (κ3) is 3.51. The third-order valence-electron chi connectivity index (χ3n) is 4.92. The monoisotopic (exact) mass is 308 g/mol. The van der Waals surface area contributed by atoms with Crippen LogP contribution >= 0.6 is 0 Å². The van der Waals surface area contributed by atoms with E-state index >= 15 is 0 Å². The van der Waals surface area contributed by atoms with Crippen molar-refractivity contribution in [2.24, 2.45) is 5.92 Å². The first-order valence-corrected chi connectivity index (χ1v) is 7.57. The quantitative estimate of drug-likeness (QED) is 0.836. The molecule has 1 saturated carbocycles. The topological polar surface area (TPSA) is 52.6 Å². The Morgan fingerprint density at radius 1 is 1.33 bits per heavy atom. The lowest BCUT2D eigenvalue weighted by molar-refractivity contribution is -0.186. The molecule has 2 fully saturated rings. The fourth-order valence-corrected chi connectivity index (χ4v) is 3.69. The Kier molecular flexibility index (Phi) is 4.82. The van der Waals surface area contributed by atoms with Gasteiger partial charge in [-0.2, -0.15) is 13.2 Å². The highest BCUT2D eigenvalue weighted by Gasteiger charge is 2.48. The number of nitrogens with zero attached hydrogens (tertiary/aromatic N) is 1. The Labute approximate surface area is 122 Å². The van der Waals surface area contributed by atoms with E-state index in [1.54, 1.807) is 0 Å². The molecule has 1 aliphatic carbocycles. The van der Waals surface area contributed by atoms with Crippen molar-refractivity contribution in [1.82, 2.24) is 10.2 Å². The van der Waals surface area contributed by atoms with E-state index in [0.717, 1.165) is 6.42 Å². The van der Waals surface area contributed by atoms with Crippen LogP contribution in [0, 0.1) is 5.92 Å². The zero-order valence-electron chi connectivity index (χ0n) is 12.2. The number of nitrogens with one attached hydrogen (secondary N) is 1. The minimum Gasteiger partial charge on any atom is -0.480 e. The van der Waals surface area contributed by atoms with E-state index in [-0.39, 0.29) is 18.9 Å². The smallest absolute Gasteiger partial charge is 0.391 e. The molecule has 2 aliphatic rings. The molecule has 0 aromatic heterocycles. The largest absolute Gasteiger partial charge is 0.480 e. The maximum atomic E-state index is 12.7. The fourth-order valence-electron chi connectivity index (χ4n) is 3.69. The van der Waals surface area contributed by atoms with Crippen LogP contribution in [0.5, 0.6) is 0 Å². The highest BCUT2D eigenvalue weighted by Crippen LogP contribution is 2.38. The lowest BCUT2D eigenvalue weighted by atomic mass is 9.93. The van der Waals surface area contributed by atoms with Crippen LogP contribution in [0.4, 0.5) is 13.2 Å². The van der Waals surface area contributed by atoms with Gasteiger partial charge in [-0.1, -0.05) is 6.92 Å². The van der Waals surface area contributed by atoms with Gasteiger partial charge in [0.05, 0.1) is 5.92 Å². The zero-order chi connectivity index (χ0) is 15.7. The molecular formula is C14H23F3N2O2. The fraction of sp³-hybridized carbons (Fsp3) is 0.929. The van der Waals surface area contributed by atoms with Crippen LogP contribution in [-0.2, 0) is 4.79 Å². The van der Waals surface area contributed by atoms with Crippen molar-refractivity contribution in [3.05, 3.63) is 0 Å². The summed E-state index contributed by atoms with van der Waals surface area (Å²) in [4.78, 5) is 13.5. The molecule has 122 valence electrons. The predicted molar refractivity (Wildman–Crippen MR) is 72.0 cm³/mol. The molecule has 0 spiro atoms. The number of halogens is 3. The minimum atomic E-state index is -4.10. The van der Waals surface area contributed by atoms with Crippen molar-refractivity contribution in [2.45, 2.75) is 56.8 Å². The number of piperidine rings is 1. The van der Waals surface area contributed by atoms with E-state index in [0.29, 0.717) is 32.5 Å². The van der Waals surface area contributed by atoms with E-state index in [4.69, 9.17) is 0 Å². The second kappa shape index (κ2) is 6.12. The summed E-state index contributed by atoms with van der Waals surface area (Å²) in [5.41, 5.74) is -0.902. The van der Waals surface area contributed by atoms with Gasteiger partial charge in [0.25, 0.3) is 0 Å². The van der Waals surface area contributed by atoms with E-state index in [9.17, 15) is 23.1 Å². The van der Waals surface area contributed by atoms with Crippen LogP contribution in [0.3, 0.4) is 0 Å². The van der Waals surface area contributed by atoms with E-state index < -0.39 is 23.6 Å². The molecule has 2 rings (SSSR count). The summed E-state index contributed by atoms with van der Waals surface area (Å²) in [6.45, 7) is 3.27. The highest BCUT2D eigenvalue weighted by atomic mass is 19.4. The number of rotatable bonds is 4. The van der Waals surface area contributed by atoms with Crippen molar-refractivity contribution in [3.8, 4) is 0 Å². The normalized spacial score (nSPS) is 32.5. The maximum absolute atomic E-state index is 12.7. The Morgan fingerprint density at radius 2 is 1.95 bits per heavy atom. The molecule has 1 heterocycles. The van der Waals surface area contributed by atoms with Gasteiger partial charge in [0.15, 0.2) is 0 Å². The van der Waals surface area contributed by atoms with Crippen LogP contribution in [0.25, 0.3) is 0 Å². The van der Waals surface area contributed by atoms with Gasteiger partial charge in [-0.05, 0) is 51.7 Å². The number of carbonyl (C=O) groups is 1. The third-order valence-corrected chi connectivity index (χ3v) is 4.92. The molecule has 0 radical (unpaired) electrons. The number of aliphatic carboxylic acids is 1. The average molecular weight is 308 g/mol. The van der Waals surface area contributed by atoms with Gasteiger partial charge in [-0.25, -0.2) is 0 Å². The number of alkyl halides is 3. The molecule has 1 aliphatic heterocycles. The van der Waals surface area contributed by atoms with Gasteiger partial charge in [0.1, 0.15) is 5.54 Å². The molecule has 21 heavy (non-hydrogen) atoms. The second-order valence-electron chi connectivity index (χ2n) is 6.17. The first-order valence-electron chi connectivity index (χ1n) is 7.57. The highest BCUT2D eigenvalue weighted by molar-refractivity contribution is 5.79. The molecule has 7 heteroatoms. The van der Waals surface area contributed by atoms with Gasteiger partial charge >= 0.3 is 12.1 Å². The first-order chi connectivity index (χ1) is 9.78. The van der Waals surface area contributed by atoms with Gasteiger partial charge in [-0.3, -0.25) is 4.79 Å². The molecule has 1 saturated heterocycles. The number of likely N-dealkylation sites (N-methyl/N-ethyl adjacent to an activating group) is 1. The predicted octanol–water partition coefficient (Wildman–Crippen LogP) is 2.25. The molecule has 2 unspecified atom stereocenters. The van der Waals surface area contributed by atoms with Crippen LogP contribution in [-0.4, -0.2) is 53.4 Å². The summed E-state index contributed by atoms with van der Waals surface area (Å²) in [5.74, 6) is -2.05.